The standard InChI is InChI=1S/C10H11BrN4/c1-7-5-3-4-6-8(7)12-10-13-9(11)14-15(10)2/h3-6H,1-2H3,(H,12,13,14). The van der Waals surface area contributed by atoms with Gasteiger partial charge < -0.3 is 5.32 Å². The maximum atomic E-state index is 4.20. The Morgan fingerprint density at radius 2 is 2.07 bits per heavy atom. The minimum Gasteiger partial charge on any atom is -0.324 e. The van der Waals surface area contributed by atoms with Crippen molar-refractivity contribution in [2.75, 3.05) is 5.32 Å². The van der Waals surface area contributed by atoms with E-state index >= 15 is 0 Å². The molecule has 0 fully saturated rings. The molecule has 1 N–H and O–H groups in total. The molecule has 78 valence electrons. The first-order chi connectivity index (χ1) is 7.16. The summed E-state index contributed by atoms with van der Waals surface area (Å²) < 4.78 is 2.28. The Hall–Kier alpha value is -1.36. The molecule has 0 aliphatic heterocycles. The molecule has 2 aromatic rings. The van der Waals surface area contributed by atoms with Gasteiger partial charge in [-0.15, -0.1) is 5.10 Å². The Morgan fingerprint density at radius 1 is 1.33 bits per heavy atom. The number of aromatic nitrogens is 3. The molecule has 0 aliphatic carbocycles. The summed E-state index contributed by atoms with van der Waals surface area (Å²) in [6.07, 6.45) is 0. The lowest BCUT2D eigenvalue weighted by Crippen LogP contribution is -2.01. The Morgan fingerprint density at radius 3 is 2.67 bits per heavy atom. The van der Waals surface area contributed by atoms with Crippen molar-refractivity contribution in [3.8, 4) is 0 Å². The van der Waals surface area contributed by atoms with Crippen molar-refractivity contribution in [1.82, 2.24) is 14.8 Å². The molecule has 0 saturated carbocycles. The van der Waals surface area contributed by atoms with Gasteiger partial charge in [-0.3, -0.25) is 0 Å². The number of halogens is 1. The van der Waals surface area contributed by atoms with E-state index in [0.29, 0.717) is 4.73 Å². The third kappa shape index (κ3) is 2.18. The van der Waals surface area contributed by atoms with Crippen molar-refractivity contribution in [2.45, 2.75) is 6.92 Å². The van der Waals surface area contributed by atoms with Gasteiger partial charge in [0.15, 0.2) is 0 Å². The van der Waals surface area contributed by atoms with Crippen molar-refractivity contribution in [3.63, 3.8) is 0 Å². The molecule has 0 radical (unpaired) electrons. The van der Waals surface area contributed by atoms with Crippen LogP contribution >= 0.6 is 15.9 Å². The van der Waals surface area contributed by atoms with Crippen LogP contribution in [0.15, 0.2) is 29.0 Å². The van der Waals surface area contributed by atoms with Crippen LogP contribution in [0.3, 0.4) is 0 Å². The van der Waals surface area contributed by atoms with Gasteiger partial charge in [0.1, 0.15) is 0 Å². The van der Waals surface area contributed by atoms with Crippen LogP contribution in [0.1, 0.15) is 5.56 Å². The van der Waals surface area contributed by atoms with E-state index in [4.69, 9.17) is 0 Å². The fourth-order valence-electron chi connectivity index (χ4n) is 1.30. The first-order valence-electron chi connectivity index (χ1n) is 4.56. The molecular weight excluding hydrogens is 256 g/mol. The minimum atomic E-state index is 0.584. The van der Waals surface area contributed by atoms with Crippen molar-refractivity contribution in [3.05, 3.63) is 34.6 Å². The molecule has 0 spiro atoms. The molecule has 1 aromatic heterocycles. The number of hydrogen-bond acceptors (Lipinski definition) is 3. The predicted octanol–water partition coefficient (Wildman–Crippen LogP) is 2.63. The Balaban J connectivity index is 2.29. The van der Waals surface area contributed by atoms with E-state index in [-0.39, 0.29) is 0 Å². The van der Waals surface area contributed by atoms with Crippen molar-refractivity contribution >= 4 is 27.6 Å². The van der Waals surface area contributed by atoms with Gasteiger partial charge >= 0.3 is 0 Å². The molecule has 0 saturated heterocycles. The number of anilines is 2. The topological polar surface area (TPSA) is 42.7 Å². The molecular formula is C10H11BrN4. The Bertz CT molecular complexity index is 478. The highest BCUT2D eigenvalue weighted by atomic mass is 79.9. The van der Waals surface area contributed by atoms with E-state index in [1.165, 1.54) is 5.56 Å². The highest BCUT2D eigenvalue weighted by Crippen LogP contribution is 2.19. The van der Waals surface area contributed by atoms with Gasteiger partial charge in [-0.25, -0.2) is 4.68 Å². The second-order valence-corrected chi connectivity index (χ2v) is 3.98. The second kappa shape index (κ2) is 4.02. The SMILES string of the molecule is Cc1ccccc1Nc1nc(Br)nn1C. The minimum absolute atomic E-state index is 0.584. The summed E-state index contributed by atoms with van der Waals surface area (Å²) in [6, 6.07) is 8.06. The highest BCUT2D eigenvalue weighted by molar-refractivity contribution is 9.10. The van der Waals surface area contributed by atoms with Crippen LogP contribution in [-0.2, 0) is 7.05 Å². The molecule has 1 aromatic carbocycles. The molecule has 1 heterocycles. The molecule has 0 atom stereocenters. The lowest BCUT2D eigenvalue weighted by atomic mass is 10.2. The number of aryl methyl sites for hydroxylation is 2. The molecule has 0 amide bonds. The third-order valence-electron chi connectivity index (χ3n) is 2.13. The third-order valence-corrected chi connectivity index (χ3v) is 2.46. The first kappa shape index (κ1) is 10.2. The normalized spacial score (nSPS) is 10.3. The summed E-state index contributed by atoms with van der Waals surface area (Å²) in [5.74, 6) is 0.719. The van der Waals surface area contributed by atoms with Gasteiger partial charge in [-0.1, -0.05) is 18.2 Å². The van der Waals surface area contributed by atoms with Crippen LogP contribution in [0.25, 0.3) is 0 Å². The maximum Gasteiger partial charge on any atom is 0.226 e. The lowest BCUT2D eigenvalue weighted by molar-refractivity contribution is 0.769. The van der Waals surface area contributed by atoms with Gasteiger partial charge in [0.05, 0.1) is 0 Å². The Kier molecular flexibility index (Phi) is 2.73. The molecule has 0 unspecified atom stereocenters. The predicted molar refractivity (Wildman–Crippen MR) is 63.2 cm³/mol. The fraction of sp³-hybridized carbons (Fsp3) is 0.200. The molecule has 2 rings (SSSR count). The molecule has 5 heteroatoms. The number of rotatable bonds is 2. The number of nitrogens with one attached hydrogen (secondary N) is 1. The summed E-state index contributed by atoms with van der Waals surface area (Å²) in [7, 11) is 1.85. The van der Waals surface area contributed by atoms with E-state index in [1.54, 1.807) is 4.68 Å². The number of nitrogens with zero attached hydrogens (tertiary/aromatic N) is 3. The van der Waals surface area contributed by atoms with Gasteiger partial charge in [0, 0.05) is 12.7 Å². The summed E-state index contributed by atoms with van der Waals surface area (Å²) in [5.41, 5.74) is 2.22. The zero-order chi connectivity index (χ0) is 10.8. The summed E-state index contributed by atoms with van der Waals surface area (Å²) in [4.78, 5) is 4.20. The average molecular weight is 267 g/mol. The lowest BCUT2D eigenvalue weighted by Gasteiger charge is -2.07. The average Bonchev–Trinajstić information content (AvgIpc) is 2.49. The number of hydrogen-bond donors (Lipinski definition) is 1. The highest BCUT2D eigenvalue weighted by Gasteiger charge is 2.05. The second-order valence-electron chi connectivity index (χ2n) is 3.27. The summed E-state index contributed by atoms with van der Waals surface area (Å²) >= 11 is 3.23. The molecule has 15 heavy (non-hydrogen) atoms. The van der Waals surface area contributed by atoms with Crippen LogP contribution in [0, 0.1) is 6.92 Å². The van der Waals surface area contributed by atoms with Crippen molar-refractivity contribution in [1.29, 1.82) is 0 Å². The van der Waals surface area contributed by atoms with Gasteiger partial charge in [-0.05, 0) is 34.5 Å². The van der Waals surface area contributed by atoms with Gasteiger partial charge in [0.25, 0.3) is 0 Å². The van der Waals surface area contributed by atoms with E-state index < -0.39 is 0 Å². The van der Waals surface area contributed by atoms with E-state index in [1.807, 2.05) is 38.2 Å². The zero-order valence-electron chi connectivity index (χ0n) is 8.53. The van der Waals surface area contributed by atoms with Crippen molar-refractivity contribution < 1.29 is 0 Å². The van der Waals surface area contributed by atoms with E-state index in [2.05, 4.69) is 31.3 Å². The van der Waals surface area contributed by atoms with Gasteiger partial charge in [-0.2, -0.15) is 4.98 Å². The molecule has 0 bridgehead atoms. The fourth-order valence-corrected chi connectivity index (χ4v) is 1.70. The maximum absolute atomic E-state index is 4.20. The summed E-state index contributed by atoms with van der Waals surface area (Å²) in [6.45, 7) is 2.05. The Labute approximate surface area is 96.5 Å². The van der Waals surface area contributed by atoms with Crippen LogP contribution in [0.2, 0.25) is 0 Å². The van der Waals surface area contributed by atoms with E-state index in [9.17, 15) is 0 Å². The van der Waals surface area contributed by atoms with Gasteiger partial charge in [0.2, 0.25) is 10.7 Å². The van der Waals surface area contributed by atoms with Crippen LogP contribution in [0.4, 0.5) is 11.6 Å². The zero-order valence-corrected chi connectivity index (χ0v) is 10.1. The quantitative estimate of drug-likeness (QED) is 0.909. The largest absolute Gasteiger partial charge is 0.324 e. The molecule has 4 nitrogen and oxygen atoms in total. The van der Waals surface area contributed by atoms with Crippen LogP contribution in [0.5, 0.6) is 0 Å². The number of benzene rings is 1. The van der Waals surface area contributed by atoms with Crippen LogP contribution < -0.4 is 5.32 Å². The molecule has 0 aliphatic rings. The van der Waals surface area contributed by atoms with Crippen molar-refractivity contribution in [2.24, 2.45) is 7.05 Å². The first-order valence-corrected chi connectivity index (χ1v) is 5.35. The monoisotopic (exact) mass is 266 g/mol. The van der Waals surface area contributed by atoms with Crippen LogP contribution in [-0.4, -0.2) is 14.8 Å². The smallest absolute Gasteiger partial charge is 0.226 e. The van der Waals surface area contributed by atoms with E-state index in [0.717, 1.165) is 11.6 Å². The summed E-state index contributed by atoms with van der Waals surface area (Å²) in [5, 5.41) is 7.32. The number of para-hydroxylation sites is 1.